The maximum absolute atomic E-state index is 2.56. The van der Waals surface area contributed by atoms with Gasteiger partial charge >= 0.3 is 0 Å². The van der Waals surface area contributed by atoms with Crippen molar-refractivity contribution in [3.05, 3.63) is 346 Å². The summed E-state index contributed by atoms with van der Waals surface area (Å²) in [4.78, 5) is 9.78. The average Bonchev–Trinajstić information content (AvgIpc) is 1.53. The lowest BCUT2D eigenvalue weighted by Crippen LogP contribution is -2.29. The van der Waals surface area contributed by atoms with E-state index in [1.54, 1.807) is 0 Å². The van der Waals surface area contributed by atoms with E-state index in [-0.39, 0.29) is 5.41 Å². The molecular weight excluding hydrogens is 1310 g/mol. The number of rotatable bonds is 33. The number of hydrogen-bond donors (Lipinski definition) is 0. The quantitative estimate of drug-likeness (QED) is 0.0406. The molecule has 13 rings (SSSR count). The highest BCUT2D eigenvalue weighted by atomic mass is 15.2. The van der Waals surface area contributed by atoms with Crippen molar-refractivity contribution in [3.8, 4) is 11.1 Å². The van der Waals surface area contributed by atoms with E-state index >= 15 is 0 Å². The third-order valence-corrected chi connectivity index (χ3v) is 22.6. The fourth-order valence-electron chi connectivity index (χ4n) is 16.1. The zero-order valence-electron chi connectivity index (χ0n) is 66.7. The van der Waals surface area contributed by atoms with Gasteiger partial charge in [-0.05, 0) is 312 Å². The Morgan fingerprint density at radius 3 is 0.667 bits per heavy atom. The number of aryl methyl sites for hydroxylation is 6. The van der Waals surface area contributed by atoms with Crippen LogP contribution in [-0.4, -0.2) is 0 Å². The molecule has 0 heterocycles. The molecule has 552 valence electrons. The number of nitrogens with zero attached hydrogens (tertiary/aromatic N) is 4. The maximum atomic E-state index is 2.56. The van der Waals surface area contributed by atoms with Crippen molar-refractivity contribution in [2.24, 2.45) is 0 Å². The summed E-state index contributed by atoms with van der Waals surface area (Å²) in [5, 5.41) is 0. The van der Waals surface area contributed by atoms with Crippen LogP contribution in [0.1, 0.15) is 226 Å². The first-order chi connectivity index (χ1) is 52.7. The summed E-state index contributed by atoms with van der Waals surface area (Å²) in [6.45, 7) is 25.4. The molecule has 0 saturated heterocycles. The molecule has 4 nitrogen and oxygen atoms in total. The molecule has 108 heavy (non-hydrogen) atoms. The predicted octanol–water partition coefficient (Wildman–Crippen LogP) is 30.4. The van der Waals surface area contributed by atoms with Crippen LogP contribution in [0.4, 0.5) is 68.2 Å². The first kappa shape index (κ1) is 76.1. The van der Waals surface area contributed by atoms with Crippen molar-refractivity contribution in [2.45, 2.75) is 208 Å². The predicted molar refractivity (Wildman–Crippen MR) is 467 cm³/mol. The summed E-state index contributed by atoms with van der Waals surface area (Å²) < 4.78 is 0. The molecule has 0 N–H and O–H groups in total. The van der Waals surface area contributed by atoms with E-state index in [0.29, 0.717) is 5.92 Å². The zero-order chi connectivity index (χ0) is 75.2. The van der Waals surface area contributed by atoms with Gasteiger partial charge in [-0.25, -0.2) is 0 Å². The van der Waals surface area contributed by atoms with Crippen LogP contribution < -0.4 is 19.6 Å². The Kier molecular flexibility index (Phi) is 24.8. The topological polar surface area (TPSA) is 13.0 Å². The van der Waals surface area contributed by atoms with E-state index in [2.05, 4.69) is 375 Å². The second-order valence-electron chi connectivity index (χ2n) is 31.8. The number of anilines is 12. The third kappa shape index (κ3) is 16.9. The highest BCUT2D eigenvalue weighted by Gasteiger charge is 2.47. The molecule has 0 radical (unpaired) electrons. The summed E-state index contributed by atoms with van der Waals surface area (Å²) >= 11 is 0. The van der Waals surface area contributed by atoms with Crippen LogP contribution in [0, 0.1) is 0 Å². The first-order valence-electron chi connectivity index (χ1n) is 41.2. The third-order valence-electron chi connectivity index (χ3n) is 22.6. The van der Waals surface area contributed by atoms with Gasteiger partial charge in [0.2, 0.25) is 0 Å². The summed E-state index contributed by atoms with van der Waals surface area (Å²) in [5.41, 5.74) is 31.4. The smallest absolute Gasteiger partial charge is 0.0713 e. The Labute approximate surface area is 649 Å². The molecule has 0 saturated carbocycles. The second-order valence-corrected chi connectivity index (χ2v) is 31.8. The second kappa shape index (κ2) is 35.3. The van der Waals surface area contributed by atoms with Gasteiger partial charge in [-0.15, -0.1) is 0 Å². The van der Waals surface area contributed by atoms with Gasteiger partial charge in [0.05, 0.1) is 5.41 Å². The summed E-state index contributed by atoms with van der Waals surface area (Å²) in [7, 11) is 0. The molecule has 0 bridgehead atoms. The number of hydrogen-bond acceptors (Lipinski definition) is 4. The minimum absolute atomic E-state index is 0.0970. The van der Waals surface area contributed by atoms with Gasteiger partial charge in [0.1, 0.15) is 0 Å². The normalized spacial score (nSPS) is 12.3. The number of unbranched alkanes of at least 4 members (excludes halogenated alkanes) is 6. The minimum Gasteiger partial charge on any atom is -0.311 e. The highest BCUT2D eigenvalue weighted by Crippen LogP contribution is 2.58. The zero-order valence-corrected chi connectivity index (χ0v) is 66.7. The summed E-state index contributed by atoms with van der Waals surface area (Å²) in [6, 6.07) is 109. The molecule has 12 aromatic carbocycles. The summed E-state index contributed by atoms with van der Waals surface area (Å²) in [5.74, 6) is 0.326. The molecule has 0 aromatic heterocycles. The van der Waals surface area contributed by atoms with Gasteiger partial charge in [0.15, 0.2) is 0 Å². The van der Waals surface area contributed by atoms with Crippen LogP contribution in [-0.2, 0) is 49.4 Å². The van der Waals surface area contributed by atoms with Crippen LogP contribution >= 0.6 is 0 Å². The molecule has 0 unspecified atom stereocenters. The fraction of sp³-hybridized carbons (Fsp3) is 0.308. The SMILES string of the molecule is CCCCc1ccc(N(c2ccc(CCCC)cc2)c2ccc(N(c3ccc(CCCC)cc3)c3ccc(C4(c5ccc(N(c6ccc(CCCC)cc6)c6ccc(N(c7ccc(CCCC)cc7)c7ccc(CCCC)cc7)cc6)cc5)c5cc(C(C)C)ccc5-c5ccc(C(C)(C)C)cc54)cc3)cc2)cc1. The standard InChI is InChI=1S/C104H116N4/c1-12-18-24-77-30-48-87(49-31-77)105(88-50-32-78(33-51-88)25-19-13-2)95-64-68-97(69-65-95)107(91-56-38-81(39-57-91)28-22-16-5)93-60-43-84(44-61-93)104(101-74-83(76(7)8)42-72-99(101)100-73-47-86(75-102(100)104)103(9,10)11)85-45-62-94(63-46-85)108(92-58-40-82(41-59-92)29-23-17-6)98-70-66-96(67-71-98)106(89-52-34-79(35-53-89)26-20-14-3)90-54-36-80(37-55-90)27-21-15-4/h30-76H,12-29H2,1-11H3. The van der Waals surface area contributed by atoms with E-state index in [4.69, 9.17) is 0 Å². The minimum atomic E-state index is -0.688. The molecule has 0 fully saturated rings. The number of fused-ring (bicyclic) bond motifs is 3. The number of benzene rings is 12. The van der Waals surface area contributed by atoms with Crippen LogP contribution in [0.3, 0.4) is 0 Å². The Bertz CT molecular complexity index is 4460. The average molecular weight is 1420 g/mol. The van der Waals surface area contributed by atoms with Gasteiger partial charge in [0, 0.05) is 68.2 Å². The molecule has 0 amide bonds. The van der Waals surface area contributed by atoms with Crippen LogP contribution in [0.15, 0.2) is 279 Å². The molecule has 4 heteroatoms. The van der Waals surface area contributed by atoms with Crippen molar-refractivity contribution in [2.75, 3.05) is 19.6 Å². The maximum Gasteiger partial charge on any atom is 0.0713 e. The first-order valence-corrected chi connectivity index (χ1v) is 41.2. The van der Waals surface area contributed by atoms with Crippen molar-refractivity contribution >= 4 is 68.2 Å². The molecule has 1 aliphatic rings. The van der Waals surface area contributed by atoms with Gasteiger partial charge in [-0.3, -0.25) is 0 Å². The molecule has 0 aliphatic heterocycles. The lowest BCUT2D eigenvalue weighted by atomic mass is 9.66. The lowest BCUT2D eigenvalue weighted by molar-refractivity contribution is 0.588. The van der Waals surface area contributed by atoms with Gasteiger partial charge in [-0.2, -0.15) is 0 Å². The Morgan fingerprint density at radius 2 is 0.454 bits per heavy atom. The molecular formula is C104H116N4. The fourth-order valence-corrected chi connectivity index (χ4v) is 16.1. The van der Waals surface area contributed by atoms with Crippen molar-refractivity contribution < 1.29 is 0 Å². The Morgan fingerprint density at radius 1 is 0.250 bits per heavy atom. The Balaban J connectivity index is 0.938. The van der Waals surface area contributed by atoms with E-state index < -0.39 is 5.41 Å². The van der Waals surface area contributed by atoms with Gasteiger partial charge < -0.3 is 19.6 Å². The molecule has 12 aromatic rings. The monoisotopic (exact) mass is 1420 g/mol. The van der Waals surface area contributed by atoms with Crippen LogP contribution in [0.5, 0.6) is 0 Å². The van der Waals surface area contributed by atoms with Crippen LogP contribution in [0.2, 0.25) is 0 Å². The highest BCUT2D eigenvalue weighted by molar-refractivity contribution is 5.89. The van der Waals surface area contributed by atoms with E-state index in [9.17, 15) is 0 Å². The van der Waals surface area contributed by atoms with E-state index in [0.717, 1.165) is 120 Å². The van der Waals surface area contributed by atoms with E-state index in [1.165, 1.54) is 142 Å². The lowest BCUT2D eigenvalue weighted by Gasteiger charge is -2.36. The summed E-state index contributed by atoms with van der Waals surface area (Å²) in [6.07, 6.45) is 20.7. The largest absolute Gasteiger partial charge is 0.311 e. The van der Waals surface area contributed by atoms with Crippen molar-refractivity contribution in [3.63, 3.8) is 0 Å². The van der Waals surface area contributed by atoms with Gasteiger partial charge in [0.25, 0.3) is 0 Å². The molecule has 1 aliphatic carbocycles. The van der Waals surface area contributed by atoms with Crippen LogP contribution in [0.25, 0.3) is 11.1 Å². The molecule has 0 spiro atoms. The van der Waals surface area contributed by atoms with Crippen molar-refractivity contribution in [1.82, 2.24) is 0 Å². The van der Waals surface area contributed by atoms with Crippen molar-refractivity contribution in [1.29, 1.82) is 0 Å². The Hall–Kier alpha value is -10.2. The molecule has 0 atom stereocenters. The van der Waals surface area contributed by atoms with E-state index in [1.807, 2.05) is 0 Å². The van der Waals surface area contributed by atoms with Gasteiger partial charge in [-0.1, -0.05) is 248 Å².